The number of amides is 1. The molecule has 0 bridgehead atoms. The van der Waals surface area contributed by atoms with Crippen LogP contribution in [-0.2, 0) is 4.79 Å². The number of aryl methyl sites for hydroxylation is 1. The molecule has 3 heterocycles. The van der Waals surface area contributed by atoms with Gasteiger partial charge in [0.15, 0.2) is 0 Å². The molecule has 0 saturated carbocycles. The first-order chi connectivity index (χ1) is 11.2. The van der Waals surface area contributed by atoms with E-state index >= 15 is 0 Å². The van der Waals surface area contributed by atoms with Crippen molar-refractivity contribution in [2.75, 3.05) is 18.5 Å². The van der Waals surface area contributed by atoms with Gasteiger partial charge in [-0.15, -0.1) is 0 Å². The standard InChI is InChI=1S/C16H19N5O2/c1-11-4-5-14(18-9-11)20-16-17-7-6-12(19-16)13-3-2-8-21(13)15(23)10-22/h4-7,9,13,22H,2-3,8,10H2,1H3,(H,17,18,19,20). The number of likely N-dealkylation sites (tertiary alicyclic amines) is 1. The maximum Gasteiger partial charge on any atom is 0.248 e. The van der Waals surface area contributed by atoms with Gasteiger partial charge in [0.25, 0.3) is 0 Å². The van der Waals surface area contributed by atoms with E-state index in [1.807, 2.05) is 19.1 Å². The van der Waals surface area contributed by atoms with E-state index < -0.39 is 6.61 Å². The van der Waals surface area contributed by atoms with E-state index in [4.69, 9.17) is 5.11 Å². The second-order valence-electron chi connectivity index (χ2n) is 5.55. The van der Waals surface area contributed by atoms with Crippen LogP contribution in [-0.4, -0.2) is 44.0 Å². The highest BCUT2D eigenvalue weighted by Crippen LogP contribution is 2.31. The van der Waals surface area contributed by atoms with Crippen molar-refractivity contribution in [3.63, 3.8) is 0 Å². The topological polar surface area (TPSA) is 91.2 Å². The fourth-order valence-electron chi connectivity index (χ4n) is 2.74. The van der Waals surface area contributed by atoms with Crippen molar-refractivity contribution in [2.45, 2.75) is 25.8 Å². The lowest BCUT2D eigenvalue weighted by atomic mass is 10.1. The Morgan fingerprint density at radius 3 is 3.00 bits per heavy atom. The zero-order valence-electron chi connectivity index (χ0n) is 12.9. The van der Waals surface area contributed by atoms with Gasteiger partial charge in [0.05, 0.1) is 11.7 Å². The van der Waals surface area contributed by atoms with Gasteiger partial charge in [-0.2, -0.15) is 0 Å². The number of aliphatic hydroxyl groups is 1. The summed E-state index contributed by atoms with van der Waals surface area (Å²) in [5.74, 6) is 0.852. The van der Waals surface area contributed by atoms with Gasteiger partial charge < -0.3 is 15.3 Å². The fraction of sp³-hybridized carbons (Fsp3) is 0.375. The van der Waals surface area contributed by atoms with Crippen molar-refractivity contribution in [2.24, 2.45) is 0 Å². The van der Waals surface area contributed by atoms with Gasteiger partial charge in [-0.3, -0.25) is 4.79 Å². The van der Waals surface area contributed by atoms with Crippen LogP contribution in [0.25, 0.3) is 0 Å². The number of hydrogen-bond acceptors (Lipinski definition) is 6. The molecular formula is C16H19N5O2. The third kappa shape index (κ3) is 3.45. The maximum atomic E-state index is 11.8. The van der Waals surface area contributed by atoms with E-state index in [0.29, 0.717) is 18.3 Å². The molecule has 0 aromatic carbocycles. The average Bonchev–Trinajstić information content (AvgIpc) is 3.06. The monoisotopic (exact) mass is 313 g/mol. The van der Waals surface area contributed by atoms with Crippen molar-refractivity contribution in [3.8, 4) is 0 Å². The molecule has 1 aliphatic rings. The minimum Gasteiger partial charge on any atom is -0.387 e. The van der Waals surface area contributed by atoms with E-state index in [1.165, 1.54) is 0 Å². The van der Waals surface area contributed by atoms with E-state index in [9.17, 15) is 4.79 Å². The van der Waals surface area contributed by atoms with Crippen molar-refractivity contribution in [1.29, 1.82) is 0 Å². The normalized spacial score (nSPS) is 17.3. The second kappa shape index (κ2) is 6.70. The molecule has 2 N–H and O–H groups in total. The molecule has 1 unspecified atom stereocenters. The van der Waals surface area contributed by atoms with Gasteiger partial charge in [-0.1, -0.05) is 6.07 Å². The summed E-state index contributed by atoms with van der Waals surface area (Å²) in [5.41, 5.74) is 1.85. The summed E-state index contributed by atoms with van der Waals surface area (Å²) in [4.78, 5) is 26.5. The number of carbonyl (C=O) groups is 1. The second-order valence-corrected chi connectivity index (χ2v) is 5.55. The third-order valence-electron chi connectivity index (χ3n) is 3.88. The molecule has 120 valence electrons. The quantitative estimate of drug-likeness (QED) is 0.890. The number of nitrogens with zero attached hydrogens (tertiary/aromatic N) is 4. The average molecular weight is 313 g/mol. The summed E-state index contributed by atoms with van der Waals surface area (Å²) in [6, 6.07) is 5.52. The van der Waals surface area contributed by atoms with Gasteiger partial charge in [0.2, 0.25) is 11.9 Å². The molecule has 0 radical (unpaired) electrons. The maximum absolute atomic E-state index is 11.8. The Balaban J connectivity index is 1.79. The minimum absolute atomic E-state index is 0.107. The molecular weight excluding hydrogens is 294 g/mol. The summed E-state index contributed by atoms with van der Waals surface area (Å²) in [6.45, 7) is 2.15. The highest BCUT2D eigenvalue weighted by Gasteiger charge is 2.30. The number of pyridine rings is 1. The molecule has 2 aromatic heterocycles. The molecule has 1 amide bonds. The summed E-state index contributed by atoms with van der Waals surface area (Å²) in [5, 5.41) is 12.2. The molecule has 3 rings (SSSR count). The molecule has 0 spiro atoms. The van der Waals surface area contributed by atoms with E-state index in [0.717, 1.165) is 24.1 Å². The van der Waals surface area contributed by atoms with Crippen LogP contribution in [0.2, 0.25) is 0 Å². The molecule has 2 aromatic rings. The van der Waals surface area contributed by atoms with Crippen LogP contribution in [0, 0.1) is 6.92 Å². The number of aromatic nitrogens is 3. The highest BCUT2D eigenvalue weighted by molar-refractivity contribution is 5.78. The first-order valence-electron chi connectivity index (χ1n) is 7.60. The number of carbonyl (C=O) groups excluding carboxylic acids is 1. The number of nitrogens with one attached hydrogen (secondary N) is 1. The number of rotatable bonds is 4. The highest BCUT2D eigenvalue weighted by atomic mass is 16.3. The van der Waals surface area contributed by atoms with Gasteiger partial charge in [0.1, 0.15) is 12.4 Å². The summed E-state index contributed by atoms with van der Waals surface area (Å²) in [6.07, 6.45) is 5.18. The van der Waals surface area contributed by atoms with Crippen LogP contribution in [0.15, 0.2) is 30.6 Å². The van der Waals surface area contributed by atoms with Gasteiger partial charge in [0, 0.05) is 18.9 Å². The minimum atomic E-state index is -0.472. The van der Waals surface area contributed by atoms with E-state index in [2.05, 4.69) is 20.3 Å². The first-order valence-corrected chi connectivity index (χ1v) is 7.60. The van der Waals surface area contributed by atoms with Crippen molar-refractivity contribution in [1.82, 2.24) is 19.9 Å². The van der Waals surface area contributed by atoms with E-state index in [-0.39, 0.29) is 11.9 Å². The molecule has 23 heavy (non-hydrogen) atoms. The van der Waals surface area contributed by atoms with Crippen LogP contribution in [0.1, 0.15) is 30.1 Å². The van der Waals surface area contributed by atoms with Gasteiger partial charge in [-0.25, -0.2) is 15.0 Å². The molecule has 1 saturated heterocycles. The number of hydrogen-bond donors (Lipinski definition) is 2. The Morgan fingerprint density at radius 1 is 1.39 bits per heavy atom. The molecule has 7 heteroatoms. The van der Waals surface area contributed by atoms with Crippen LogP contribution in [0.4, 0.5) is 11.8 Å². The van der Waals surface area contributed by atoms with Gasteiger partial charge in [-0.05, 0) is 37.5 Å². The van der Waals surface area contributed by atoms with Crippen LogP contribution in [0.5, 0.6) is 0 Å². The number of anilines is 2. The molecule has 1 fully saturated rings. The smallest absolute Gasteiger partial charge is 0.248 e. The van der Waals surface area contributed by atoms with Crippen LogP contribution in [0.3, 0.4) is 0 Å². The molecule has 7 nitrogen and oxygen atoms in total. The zero-order chi connectivity index (χ0) is 16.2. The van der Waals surface area contributed by atoms with Crippen LogP contribution >= 0.6 is 0 Å². The van der Waals surface area contributed by atoms with Crippen molar-refractivity contribution in [3.05, 3.63) is 41.9 Å². The van der Waals surface area contributed by atoms with E-state index in [1.54, 1.807) is 23.4 Å². The first kappa shape index (κ1) is 15.4. The Kier molecular flexibility index (Phi) is 4.47. The Bertz CT molecular complexity index is 689. The molecule has 1 atom stereocenters. The zero-order valence-corrected chi connectivity index (χ0v) is 12.9. The van der Waals surface area contributed by atoms with Crippen molar-refractivity contribution >= 4 is 17.7 Å². The third-order valence-corrected chi connectivity index (χ3v) is 3.88. The lowest BCUT2D eigenvalue weighted by Gasteiger charge is -2.23. The Hall–Kier alpha value is -2.54. The van der Waals surface area contributed by atoms with Gasteiger partial charge >= 0.3 is 0 Å². The SMILES string of the molecule is Cc1ccc(Nc2nccc(C3CCCN3C(=O)CO)n2)nc1. The number of aliphatic hydroxyl groups excluding tert-OH is 1. The fourth-order valence-corrected chi connectivity index (χ4v) is 2.74. The lowest BCUT2D eigenvalue weighted by molar-refractivity contribution is -0.135. The molecule has 0 aliphatic carbocycles. The predicted molar refractivity (Wildman–Crippen MR) is 85.1 cm³/mol. The summed E-state index contributed by atoms with van der Waals surface area (Å²) >= 11 is 0. The largest absolute Gasteiger partial charge is 0.387 e. The lowest BCUT2D eigenvalue weighted by Crippen LogP contribution is -2.33. The Labute approximate surface area is 134 Å². The molecule has 1 aliphatic heterocycles. The summed E-state index contributed by atoms with van der Waals surface area (Å²) < 4.78 is 0. The summed E-state index contributed by atoms with van der Waals surface area (Å²) in [7, 11) is 0. The predicted octanol–water partition coefficient (Wildman–Crippen LogP) is 1.58. The van der Waals surface area contributed by atoms with Crippen molar-refractivity contribution < 1.29 is 9.90 Å². The Morgan fingerprint density at radius 2 is 2.26 bits per heavy atom. The van der Waals surface area contributed by atoms with Crippen LogP contribution < -0.4 is 5.32 Å².